The molecule has 5 heterocycles. The van der Waals surface area contributed by atoms with Crippen LogP contribution in [0.15, 0.2) is 42.6 Å². The maximum absolute atomic E-state index is 13.7. The molecule has 1 amide bonds. The summed E-state index contributed by atoms with van der Waals surface area (Å²) in [5.41, 5.74) is 3.34. The van der Waals surface area contributed by atoms with Crippen LogP contribution in [0, 0.1) is 12.7 Å². The van der Waals surface area contributed by atoms with Crippen LogP contribution in [-0.2, 0) is 4.74 Å². The number of methoxy groups -OCH3 is 1. The molecule has 0 spiro atoms. The minimum absolute atomic E-state index is 0.0483. The second-order valence-corrected chi connectivity index (χ2v) is 12.1. The molecule has 3 aliphatic rings. The molecule has 11 heteroatoms. The fourth-order valence-electron chi connectivity index (χ4n) is 6.45. The van der Waals surface area contributed by atoms with Crippen molar-refractivity contribution in [3.8, 4) is 11.3 Å². The van der Waals surface area contributed by atoms with Crippen molar-refractivity contribution in [2.45, 2.75) is 32.7 Å². The monoisotopic (exact) mass is 602 g/mol. The molecule has 44 heavy (non-hydrogen) atoms. The molecule has 10 nitrogen and oxygen atoms in total. The number of hydrogen-bond donors (Lipinski definition) is 0. The number of pyridine rings is 1. The van der Waals surface area contributed by atoms with E-state index in [4.69, 9.17) is 19.7 Å². The Morgan fingerprint density at radius 2 is 1.68 bits per heavy atom. The maximum atomic E-state index is 13.7. The lowest BCUT2D eigenvalue weighted by atomic mass is 10.1. The van der Waals surface area contributed by atoms with Gasteiger partial charge in [0.1, 0.15) is 17.5 Å². The molecule has 3 saturated heterocycles. The van der Waals surface area contributed by atoms with E-state index in [2.05, 4.69) is 26.5 Å². The van der Waals surface area contributed by atoms with Gasteiger partial charge in [-0.2, -0.15) is 4.98 Å². The highest BCUT2D eigenvalue weighted by atomic mass is 19.1. The molecule has 3 aromatic rings. The van der Waals surface area contributed by atoms with Crippen molar-refractivity contribution in [3.05, 3.63) is 59.5 Å². The number of rotatable bonds is 8. The lowest BCUT2D eigenvalue weighted by molar-refractivity contribution is 0.0593. The molecule has 0 N–H and O–H groups in total. The number of nitrogens with zero attached hydrogens (tertiary/aromatic N) is 8. The van der Waals surface area contributed by atoms with Crippen molar-refractivity contribution in [2.75, 3.05) is 93.9 Å². The summed E-state index contributed by atoms with van der Waals surface area (Å²) in [6.07, 6.45) is 3.99. The topological polar surface area (TPSA) is 81.2 Å². The van der Waals surface area contributed by atoms with Crippen molar-refractivity contribution in [1.29, 1.82) is 0 Å². The van der Waals surface area contributed by atoms with Crippen LogP contribution in [0.2, 0.25) is 0 Å². The largest absolute Gasteiger partial charge is 0.383 e. The van der Waals surface area contributed by atoms with Gasteiger partial charge in [0.15, 0.2) is 0 Å². The van der Waals surface area contributed by atoms with Crippen LogP contribution in [-0.4, -0.2) is 116 Å². The summed E-state index contributed by atoms with van der Waals surface area (Å²) >= 11 is 0. The smallest absolute Gasteiger partial charge is 0.255 e. The Labute approximate surface area is 259 Å². The van der Waals surface area contributed by atoms with Crippen LogP contribution in [0.25, 0.3) is 11.3 Å². The summed E-state index contributed by atoms with van der Waals surface area (Å²) in [4.78, 5) is 39.1. The molecule has 0 bridgehead atoms. The van der Waals surface area contributed by atoms with Gasteiger partial charge in [0, 0.05) is 96.4 Å². The van der Waals surface area contributed by atoms with Crippen molar-refractivity contribution < 1.29 is 13.9 Å². The summed E-state index contributed by atoms with van der Waals surface area (Å²) in [6.45, 7) is 13.1. The van der Waals surface area contributed by atoms with Crippen molar-refractivity contribution in [3.63, 3.8) is 0 Å². The van der Waals surface area contributed by atoms with Crippen molar-refractivity contribution >= 4 is 23.5 Å². The Morgan fingerprint density at radius 3 is 2.34 bits per heavy atom. The van der Waals surface area contributed by atoms with Crippen molar-refractivity contribution in [2.24, 2.45) is 0 Å². The third kappa shape index (κ3) is 6.63. The Morgan fingerprint density at radius 1 is 0.955 bits per heavy atom. The zero-order valence-corrected chi connectivity index (χ0v) is 26.1. The van der Waals surface area contributed by atoms with E-state index in [1.807, 2.05) is 24.0 Å². The molecular weight excluding hydrogens is 559 g/mol. The highest BCUT2D eigenvalue weighted by molar-refractivity contribution is 5.94. The van der Waals surface area contributed by atoms with E-state index in [9.17, 15) is 9.18 Å². The summed E-state index contributed by atoms with van der Waals surface area (Å²) in [5, 5.41) is 0. The molecule has 1 aromatic carbocycles. The number of halogens is 1. The number of piperazine rings is 2. The second kappa shape index (κ2) is 13.4. The summed E-state index contributed by atoms with van der Waals surface area (Å²) in [6, 6.07) is 10.9. The zero-order chi connectivity index (χ0) is 30.6. The summed E-state index contributed by atoms with van der Waals surface area (Å²) in [7, 11) is 1.72. The van der Waals surface area contributed by atoms with Gasteiger partial charge >= 0.3 is 0 Å². The van der Waals surface area contributed by atoms with Crippen LogP contribution in [0.5, 0.6) is 0 Å². The first-order valence-corrected chi connectivity index (χ1v) is 15.8. The van der Waals surface area contributed by atoms with Gasteiger partial charge in [-0.25, -0.2) is 14.4 Å². The fourth-order valence-corrected chi connectivity index (χ4v) is 6.45. The summed E-state index contributed by atoms with van der Waals surface area (Å²) < 4.78 is 18.9. The molecule has 1 atom stereocenters. The number of amides is 1. The van der Waals surface area contributed by atoms with Gasteiger partial charge in [-0.3, -0.25) is 9.69 Å². The molecule has 6 rings (SSSR count). The molecule has 1 unspecified atom stereocenters. The third-order valence-electron chi connectivity index (χ3n) is 9.12. The first-order chi connectivity index (χ1) is 21.4. The Bertz CT molecular complexity index is 1440. The van der Waals surface area contributed by atoms with Gasteiger partial charge in [-0.1, -0.05) is 0 Å². The van der Waals surface area contributed by atoms with E-state index in [1.165, 1.54) is 12.1 Å². The second-order valence-electron chi connectivity index (χ2n) is 12.1. The number of ether oxygens (including phenoxy) is 1. The molecular formula is C33H43FN8O2. The maximum Gasteiger partial charge on any atom is 0.255 e. The third-order valence-corrected chi connectivity index (χ3v) is 9.12. The van der Waals surface area contributed by atoms with Crippen LogP contribution in [0.4, 0.5) is 22.0 Å². The van der Waals surface area contributed by atoms with Gasteiger partial charge < -0.3 is 24.3 Å². The van der Waals surface area contributed by atoms with Crippen LogP contribution >= 0.6 is 0 Å². The number of aryl methyl sites for hydroxylation is 1. The van der Waals surface area contributed by atoms with Crippen LogP contribution in [0.1, 0.15) is 35.7 Å². The predicted molar refractivity (Wildman–Crippen MR) is 171 cm³/mol. The minimum Gasteiger partial charge on any atom is -0.383 e. The molecule has 0 aliphatic carbocycles. The Kier molecular flexibility index (Phi) is 9.22. The highest BCUT2D eigenvalue weighted by Gasteiger charge is 2.27. The molecule has 0 radical (unpaired) electrons. The van der Waals surface area contributed by atoms with E-state index in [-0.39, 0.29) is 11.7 Å². The minimum atomic E-state index is -0.259. The van der Waals surface area contributed by atoms with Gasteiger partial charge in [0.2, 0.25) is 5.95 Å². The quantitative estimate of drug-likeness (QED) is 0.383. The van der Waals surface area contributed by atoms with E-state index in [0.29, 0.717) is 18.2 Å². The van der Waals surface area contributed by atoms with E-state index < -0.39 is 0 Å². The molecule has 3 aliphatic heterocycles. The standard InChI is InChI=1S/C33H43FN8O2/c1-24-21-27(32(43)41-13-11-38(12-14-41)19-20-44-3)23-35-31(24)40-17-15-39(16-18-40)30-22-29(26-6-8-28(34)9-7-26)36-33(37-30)42-10-4-5-25(42)2/h6-9,21-23,25H,4-5,10-20H2,1-3H3. The van der Waals surface area contributed by atoms with Crippen LogP contribution < -0.4 is 14.7 Å². The lowest BCUT2D eigenvalue weighted by Crippen LogP contribution is -2.49. The van der Waals surface area contributed by atoms with Crippen LogP contribution in [0.3, 0.4) is 0 Å². The average molecular weight is 603 g/mol. The molecule has 234 valence electrons. The van der Waals surface area contributed by atoms with Gasteiger partial charge in [-0.15, -0.1) is 0 Å². The first-order valence-electron chi connectivity index (χ1n) is 15.8. The predicted octanol–water partition coefficient (Wildman–Crippen LogP) is 3.71. The number of carbonyl (C=O) groups excluding carboxylic acids is 1. The SMILES string of the molecule is COCCN1CCN(C(=O)c2cnc(N3CCN(c4cc(-c5ccc(F)cc5)nc(N5CCCC5C)n4)CC3)c(C)c2)CC1. The number of aromatic nitrogens is 3. The number of benzene rings is 1. The zero-order valence-electron chi connectivity index (χ0n) is 26.1. The normalized spacial score (nSPS) is 19.6. The van der Waals surface area contributed by atoms with E-state index in [1.54, 1.807) is 25.4 Å². The summed E-state index contributed by atoms with van der Waals surface area (Å²) in [5.74, 6) is 2.34. The first kappa shape index (κ1) is 30.2. The number of anilines is 3. The fraction of sp³-hybridized carbons (Fsp3) is 0.515. The van der Waals surface area contributed by atoms with Gasteiger partial charge in [0.05, 0.1) is 17.9 Å². The van der Waals surface area contributed by atoms with Gasteiger partial charge in [0.25, 0.3) is 5.91 Å². The molecule has 2 aromatic heterocycles. The lowest BCUT2D eigenvalue weighted by Gasteiger charge is -2.37. The highest BCUT2D eigenvalue weighted by Crippen LogP contribution is 2.30. The number of hydrogen-bond acceptors (Lipinski definition) is 9. The molecule has 0 saturated carbocycles. The number of carbonyl (C=O) groups is 1. The Balaban J connectivity index is 1.13. The van der Waals surface area contributed by atoms with Crippen molar-refractivity contribution in [1.82, 2.24) is 24.8 Å². The van der Waals surface area contributed by atoms with Gasteiger partial charge in [-0.05, 0) is 62.6 Å². The molecule has 3 fully saturated rings. The Hall–Kier alpha value is -3.83. The average Bonchev–Trinajstić information content (AvgIpc) is 3.49. The van der Waals surface area contributed by atoms with E-state index >= 15 is 0 Å². The van der Waals surface area contributed by atoms with E-state index in [0.717, 1.165) is 113 Å².